The van der Waals surface area contributed by atoms with Crippen LogP contribution in [0, 0.1) is 5.92 Å². The Kier molecular flexibility index (Phi) is 9.49. The molecule has 2 atom stereocenters. The average Bonchev–Trinajstić information content (AvgIpc) is 3.55. The lowest BCUT2D eigenvalue weighted by Crippen LogP contribution is -2.48. The Hall–Kier alpha value is -3.13. The van der Waals surface area contributed by atoms with Crippen molar-refractivity contribution in [1.82, 2.24) is 20.0 Å². The van der Waals surface area contributed by atoms with Crippen LogP contribution in [-0.4, -0.2) is 57.6 Å². The van der Waals surface area contributed by atoms with Gasteiger partial charge in [-0.1, -0.05) is 48.9 Å². The Morgan fingerprint density at radius 2 is 1.87 bits per heavy atom. The normalized spacial score (nSPS) is 23.3. The van der Waals surface area contributed by atoms with E-state index in [1.54, 1.807) is 10.9 Å². The second-order valence-corrected chi connectivity index (χ2v) is 11.8. The van der Waals surface area contributed by atoms with Crippen molar-refractivity contribution < 1.29 is 19.1 Å². The second kappa shape index (κ2) is 12.8. The number of esters is 1. The van der Waals surface area contributed by atoms with Crippen molar-refractivity contribution in [3.05, 3.63) is 59.4 Å². The van der Waals surface area contributed by atoms with Gasteiger partial charge in [-0.05, 0) is 64.9 Å². The minimum atomic E-state index is -0.524. The number of ether oxygens (including phenoxy) is 2. The van der Waals surface area contributed by atoms with Gasteiger partial charge in [-0.2, -0.15) is 5.10 Å². The summed E-state index contributed by atoms with van der Waals surface area (Å²) in [6.45, 7) is 8.83. The van der Waals surface area contributed by atoms with Gasteiger partial charge in [0.1, 0.15) is 12.1 Å². The van der Waals surface area contributed by atoms with E-state index < -0.39 is 5.60 Å². The largest absolute Gasteiger partial charge is 0.468 e. The van der Waals surface area contributed by atoms with Crippen LogP contribution in [0.1, 0.15) is 77.3 Å². The third kappa shape index (κ3) is 8.18. The Morgan fingerprint density at radius 3 is 2.51 bits per heavy atom. The topological polar surface area (TPSA) is 85.7 Å². The van der Waals surface area contributed by atoms with Crippen LogP contribution < -0.4 is 5.32 Å². The maximum Gasteiger partial charge on any atom is 0.410 e. The monoisotopic (exact) mass is 536 g/mol. The van der Waals surface area contributed by atoms with Gasteiger partial charge in [0.25, 0.3) is 0 Å². The van der Waals surface area contributed by atoms with Crippen molar-refractivity contribution in [2.45, 2.75) is 103 Å². The van der Waals surface area contributed by atoms with Crippen LogP contribution in [0.25, 0.3) is 6.08 Å². The quantitative estimate of drug-likeness (QED) is 0.399. The summed E-state index contributed by atoms with van der Waals surface area (Å²) in [4.78, 5) is 27.0. The highest BCUT2D eigenvalue weighted by molar-refractivity contribution is 5.70. The molecule has 8 heteroatoms. The van der Waals surface area contributed by atoms with E-state index in [-0.39, 0.29) is 30.7 Å². The Bertz CT molecular complexity index is 1130. The van der Waals surface area contributed by atoms with Crippen molar-refractivity contribution >= 4 is 18.1 Å². The molecule has 2 saturated carbocycles. The fourth-order valence-corrected chi connectivity index (χ4v) is 5.59. The van der Waals surface area contributed by atoms with Crippen molar-refractivity contribution in [2.24, 2.45) is 5.92 Å². The maximum atomic E-state index is 13.5. The lowest BCUT2D eigenvalue weighted by atomic mass is 9.89. The summed E-state index contributed by atoms with van der Waals surface area (Å²) < 4.78 is 12.2. The molecule has 1 amide bonds. The van der Waals surface area contributed by atoms with Crippen LogP contribution in [0.2, 0.25) is 0 Å². The fourth-order valence-electron chi connectivity index (χ4n) is 5.59. The van der Waals surface area contributed by atoms with Crippen molar-refractivity contribution in [2.75, 3.05) is 7.11 Å². The molecule has 2 unspecified atom stereocenters. The number of rotatable bonds is 10. The predicted octanol–water partition coefficient (Wildman–Crippen LogP) is 5.58. The van der Waals surface area contributed by atoms with Crippen molar-refractivity contribution in [1.29, 1.82) is 0 Å². The highest BCUT2D eigenvalue weighted by Crippen LogP contribution is 2.46. The molecule has 0 aliphatic heterocycles. The van der Waals surface area contributed by atoms with Crippen LogP contribution in [0.15, 0.2) is 48.3 Å². The number of carbonyl (C=O) groups excluding carboxylic acids is 2. The van der Waals surface area contributed by atoms with E-state index in [2.05, 4.69) is 52.6 Å². The molecule has 0 bridgehead atoms. The zero-order valence-corrected chi connectivity index (χ0v) is 24.1. The van der Waals surface area contributed by atoms with Crippen LogP contribution in [0.3, 0.4) is 0 Å². The number of nitrogens with one attached hydrogen (secondary N) is 1. The summed E-state index contributed by atoms with van der Waals surface area (Å²) in [6.07, 6.45) is 11.7. The molecule has 2 aliphatic rings. The summed E-state index contributed by atoms with van der Waals surface area (Å²) >= 11 is 0. The number of hydrogen-bond acceptors (Lipinski definition) is 6. The molecule has 0 spiro atoms. The number of methoxy groups -OCH3 is 1. The van der Waals surface area contributed by atoms with E-state index in [4.69, 9.17) is 9.47 Å². The molecule has 39 heavy (non-hydrogen) atoms. The van der Waals surface area contributed by atoms with Crippen molar-refractivity contribution in [3.8, 4) is 0 Å². The second-order valence-electron chi connectivity index (χ2n) is 11.8. The van der Waals surface area contributed by atoms with Gasteiger partial charge in [0.05, 0.1) is 13.3 Å². The number of hydrogen-bond donors (Lipinski definition) is 1. The molecule has 1 heterocycles. The van der Waals surface area contributed by atoms with Gasteiger partial charge in [0, 0.05) is 42.3 Å². The summed E-state index contributed by atoms with van der Waals surface area (Å²) in [7, 11) is 1.38. The summed E-state index contributed by atoms with van der Waals surface area (Å²) in [6, 6.07) is 11.2. The molecule has 4 rings (SSSR count). The molecule has 2 fully saturated rings. The number of nitrogens with zero attached hydrogens (tertiary/aromatic N) is 3. The molecule has 1 N–H and O–H groups in total. The zero-order valence-electron chi connectivity index (χ0n) is 24.1. The van der Waals surface area contributed by atoms with Gasteiger partial charge >= 0.3 is 12.1 Å². The van der Waals surface area contributed by atoms with Gasteiger partial charge in [-0.25, -0.2) is 4.79 Å². The van der Waals surface area contributed by atoms with Crippen molar-refractivity contribution in [3.63, 3.8) is 0 Å². The third-order valence-corrected chi connectivity index (χ3v) is 7.64. The van der Waals surface area contributed by atoms with E-state index in [9.17, 15) is 9.59 Å². The molecule has 2 aromatic rings. The highest BCUT2D eigenvalue weighted by atomic mass is 16.6. The van der Waals surface area contributed by atoms with Crippen LogP contribution >= 0.6 is 0 Å². The SMILES string of the molecule is CC/C(=C\c1ccccc1)C1CC1N(C(=O)OC(C)(C)C)C1CCC(NCc2cnn(CC(=O)OC)c2)CC1. The number of benzene rings is 1. The van der Waals surface area contributed by atoms with Crippen LogP contribution in [-0.2, 0) is 27.4 Å². The molecule has 1 aromatic carbocycles. The van der Waals surface area contributed by atoms with Gasteiger partial charge in [-0.15, -0.1) is 0 Å². The number of amides is 1. The van der Waals surface area contributed by atoms with Crippen LogP contribution in [0.5, 0.6) is 0 Å². The first-order valence-corrected chi connectivity index (χ1v) is 14.2. The summed E-state index contributed by atoms with van der Waals surface area (Å²) in [5, 5.41) is 7.89. The predicted molar refractivity (Wildman–Crippen MR) is 152 cm³/mol. The summed E-state index contributed by atoms with van der Waals surface area (Å²) in [5.74, 6) is 0.0742. The number of carbonyl (C=O) groups is 2. The minimum Gasteiger partial charge on any atom is -0.468 e. The Labute approximate surface area is 232 Å². The average molecular weight is 537 g/mol. The fraction of sp³-hybridized carbons (Fsp3) is 0.581. The lowest BCUT2D eigenvalue weighted by molar-refractivity contribution is -0.141. The molecule has 1 aromatic heterocycles. The highest BCUT2D eigenvalue weighted by Gasteiger charge is 2.49. The smallest absolute Gasteiger partial charge is 0.410 e. The zero-order chi connectivity index (χ0) is 28.0. The summed E-state index contributed by atoms with van der Waals surface area (Å²) in [5.41, 5.74) is 3.13. The van der Waals surface area contributed by atoms with Gasteiger partial charge in [0.2, 0.25) is 0 Å². The molecular weight excluding hydrogens is 492 g/mol. The van der Waals surface area contributed by atoms with E-state index in [1.807, 2.05) is 33.0 Å². The first kappa shape index (κ1) is 28.9. The minimum absolute atomic E-state index is 0.116. The molecule has 212 valence electrons. The number of aromatic nitrogens is 2. The molecule has 0 radical (unpaired) electrons. The van der Waals surface area contributed by atoms with E-state index in [0.29, 0.717) is 18.5 Å². The third-order valence-electron chi connectivity index (χ3n) is 7.64. The first-order chi connectivity index (χ1) is 18.7. The van der Waals surface area contributed by atoms with Crippen LogP contribution in [0.4, 0.5) is 4.79 Å². The van der Waals surface area contributed by atoms with E-state index in [1.165, 1.54) is 18.2 Å². The lowest BCUT2D eigenvalue weighted by Gasteiger charge is -2.38. The van der Waals surface area contributed by atoms with Gasteiger partial charge < -0.3 is 19.7 Å². The van der Waals surface area contributed by atoms with Gasteiger partial charge in [0.15, 0.2) is 0 Å². The molecule has 2 aliphatic carbocycles. The Balaban J connectivity index is 1.36. The molecule has 0 saturated heterocycles. The van der Waals surface area contributed by atoms with E-state index >= 15 is 0 Å². The van der Waals surface area contributed by atoms with Gasteiger partial charge in [-0.3, -0.25) is 9.48 Å². The van der Waals surface area contributed by atoms with E-state index in [0.717, 1.165) is 44.1 Å². The maximum absolute atomic E-state index is 13.5. The Morgan fingerprint density at radius 1 is 1.15 bits per heavy atom. The standard InChI is InChI=1S/C31H44N4O4/c1-6-24(16-22-10-8-7-9-11-22)27-17-28(27)35(30(37)39-31(2,3)4)26-14-12-25(13-15-26)32-18-23-19-33-34(20-23)21-29(36)38-5/h7-11,16,19-20,25-28,32H,6,12-15,17-18,21H2,1-5H3/b24-16+. The molecule has 8 nitrogen and oxygen atoms in total. The first-order valence-electron chi connectivity index (χ1n) is 14.2. The molecular formula is C31H44N4O4.